The summed E-state index contributed by atoms with van der Waals surface area (Å²) in [6, 6.07) is 10.3. The van der Waals surface area contributed by atoms with E-state index in [0.29, 0.717) is 18.9 Å². The standard InChI is InChI=1S/C16H19N5O/c22-16(20-10-9-19-15-12-17-7-8-18-15)21-11-6-14(21)13-4-2-1-3-5-13/h1-5,7-8,12,14H,6,9-11H2,(H,18,19)(H,20,22)/t14-/m1/s1. The molecule has 114 valence electrons. The molecule has 0 aliphatic carbocycles. The Balaban J connectivity index is 1.43. The molecule has 3 rings (SSSR count). The number of aromatic nitrogens is 2. The lowest BCUT2D eigenvalue weighted by molar-refractivity contribution is 0.115. The zero-order valence-corrected chi connectivity index (χ0v) is 12.3. The number of nitrogens with one attached hydrogen (secondary N) is 2. The summed E-state index contributed by atoms with van der Waals surface area (Å²) < 4.78 is 0. The topological polar surface area (TPSA) is 70.1 Å². The van der Waals surface area contributed by atoms with Crippen molar-refractivity contribution in [2.24, 2.45) is 0 Å². The van der Waals surface area contributed by atoms with E-state index in [2.05, 4.69) is 32.7 Å². The molecule has 1 aromatic carbocycles. The van der Waals surface area contributed by atoms with E-state index in [1.807, 2.05) is 23.1 Å². The Morgan fingerprint density at radius 2 is 2.09 bits per heavy atom. The van der Waals surface area contributed by atoms with Crippen molar-refractivity contribution < 1.29 is 4.79 Å². The van der Waals surface area contributed by atoms with Gasteiger partial charge in [0.25, 0.3) is 0 Å². The van der Waals surface area contributed by atoms with E-state index in [1.165, 1.54) is 5.56 Å². The Kier molecular flexibility index (Phi) is 4.48. The second-order valence-corrected chi connectivity index (χ2v) is 5.16. The van der Waals surface area contributed by atoms with Gasteiger partial charge in [0.2, 0.25) is 0 Å². The number of benzene rings is 1. The number of rotatable bonds is 5. The highest BCUT2D eigenvalue weighted by Crippen LogP contribution is 2.32. The summed E-state index contributed by atoms with van der Waals surface area (Å²) in [5.41, 5.74) is 1.20. The molecule has 2 N–H and O–H groups in total. The van der Waals surface area contributed by atoms with Gasteiger partial charge in [-0.3, -0.25) is 4.98 Å². The van der Waals surface area contributed by atoms with Gasteiger partial charge in [-0.1, -0.05) is 30.3 Å². The van der Waals surface area contributed by atoms with Crippen LogP contribution in [0, 0.1) is 0 Å². The zero-order valence-electron chi connectivity index (χ0n) is 12.3. The number of hydrogen-bond acceptors (Lipinski definition) is 4. The van der Waals surface area contributed by atoms with Gasteiger partial charge in [-0.05, 0) is 12.0 Å². The van der Waals surface area contributed by atoms with Crippen LogP contribution in [0.3, 0.4) is 0 Å². The Morgan fingerprint density at radius 1 is 1.23 bits per heavy atom. The minimum atomic E-state index is -0.0129. The first-order chi connectivity index (χ1) is 10.8. The molecular formula is C16H19N5O. The molecule has 2 amide bonds. The highest BCUT2D eigenvalue weighted by Gasteiger charge is 2.32. The Morgan fingerprint density at radius 3 is 2.77 bits per heavy atom. The Labute approximate surface area is 129 Å². The minimum Gasteiger partial charge on any atom is -0.367 e. The average Bonchev–Trinajstić information content (AvgIpc) is 2.53. The number of amides is 2. The van der Waals surface area contributed by atoms with Crippen LogP contribution in [-0.4, -0.2) is 40.5 Å². The largest absolute Gasteiger partial charge is 0.367 e. The van der Waals surface area contributed by atoms with Crippen molar-refractivity contribution in [3.05, 3.63) is 54.5 Å². The molecule has 1 aliphatic heterocycles. The first-order valence-corrected chi connectivity index (χ1v) is 7.44. The minimum absolute atomic E-state index is 0.0129. The van der Waals surface area contributed by atoms with Gasteiger partial charge in [0.05, 0.1) is 12.2 Å². The van der Waals surface area contributed by atoms with Gasteiger partial charge >= 0.3 is 6.03 Å². The Bertz CT molecular complexity index is 604. The molecule has 2 aromatic rings. The number of likely N-dealkylation sites (tertiary alicyclic amines) is 1. The Hall–Kier alpha value is -2.63. The highest BCUT2D eigenvalue weighted by atomic mass is 16.2. The van der Waals surface area contributed by atoms with Crippen LogP contribution in [-0.2, 0) is 0 Å². The lowest BCUT2D eigenvalue weighted by Crippen LogP contribution is -2.50. The summed E-state index contributed by atoms with van der Waals surface area (Å²) in [5.74, 6) is 0.711. The second kappa shape index (κ2) is 6.89. The molecule has 1 atom stereocenters. The van der Waals surface area contributed by atoms with Crippen LogP contribution < -0.4 is 10.6 Å². The highest BCUT2D eigenvalue weighted by molar-refractivity contribution is 5.75. The summed E-state index contributed by atoms with van der Waals surface area (Å²) in [4.78, 5) is 22.1. The maximum Gasteiger partial charge on any atom is 0.317 e. The van der Waals surface area contributed by atoms with Crippen molar-refractivity contribution in [2.75, 3.05) is 25.0 Å². The summed E-state index contributed by atoms with van der Waals surface area (Å²) in [6.07, 6.45) is 5.93. The van der Waals surface area contributed by atoms with Crippen molar-refractivity contribution in [2.45, 2.75) is 12.5 Å². The summed E-state index contributed by atoms with van der Waals surface area (Å²) >= 11 is 0. The summed E-state index contributed by atoms with van der Waals surface area (Å²) in [5, 5.41) is 6.04. The third-order valence-electron chi connectivity index (χ3n) is 3.74. The van der Waals surface area contributed by atoms with Crippen molar-refractivity contribution in [1.29, 1.82) is 0 Å². The van der Waals surface area contributed by atoms with Gasteiger partial charge in [-0.2, -0.15) is 0 Å². The quantitative estimate of drug-likeness (QED) is 0.829. The van der Waals surface area contributed by atoms with E-state index >= 15 is 0 Å². The number of hydrogen-bond donors (Lipinski definition) is 2. The van der Waals surface area contributed by atoms with Crippen LogP contribution in [0.2, 0.25) is 0 Å². The van der Waals surface area contributed by atoms with Gasteiger partial charge in [0.15, 0.2) is 0 Å². The van der Waals surface area contributed by atoms with Crippen LogP contribution in [0.25, 0.3) is 0 Å². The molecule has 0 bridgehead atoms. The smallest absolute Gasteiger partial charge is 0.317 e. The molecule has 0 radical (unpaired) electrons. The SMILES string of the molecule is O=C(NCCNc1cnccn1)N1CC[C@@H]1c1ccccc1. The molecule has 6 nitrogen and oxygen atoms in total. The van der Waals surface area contributed by atoms with Crippen LogP contribution in [0.4, 0.5) is 10.6 Å². The molecule has 1 aliphatic rings. The van der Waals surface area contributed by atoms with E-state index in [0.717, 1.165) is 13.0 Å². The van der Waals surface area contributed by atoms with Crippen LogP contribution in [0.1, 0.15) is 18.0 Å². The van der Waals surface area contributed by atoms with Gasteiger partial charge in [0.1, 0.15) is 5.82 Å². The first-order valence-electron chi connectivity index (χ1n) is 7.44. The van der Waals surface area contributed by atoms with Crippen molar-refractivity contribution in [3.8, 4) is 0 Å². The number of urea groups is 1. The number of anilines is 1. The number of carbonyl (C=O) groups excluding carboxylic acids is 1. The lowest BCUT2D eigenvalue weighted by atomic mass is 9.95. The van der Waals surface area contributed by atoms with Crippen LogP contribution in [0.15, 0.2) is 48.9 Å². The van der Waals surface area contributed by atoms with Crippen molar-refractivity contribution in [3.63, 3.8) is 0 Å². The van der Waals surface area contributed by atoms with E-state index < -0.39 is 0 Å². The molecule has 0 spiro atoms. The third-order valence-corrected chi connectivity index (χ3v) is 3.74. The van der Waals surface area contributed by atoms with E-state index in [4.69, 9.17) is 0 Å². The molecule has 6 heteroatoms. The third kappa shape index (κ3) is 3.33. The summed E-state index contributed by atoms with van der Waals surface area (Å²) in [7, 11) is 0. The van der Waals surface area contributed by atoms with E-state index in [1.54, 1.807) is 18.6 Å². The fourth-order valence-electron chi connectivity index (χ4n) is 2.50. The predicted molar refractivity (Wildman–Crippen MR) is 84.4 cm³/mol. The molecule has 0 saturated carbocycles. The molecule has 1 aromatic heterocycles. The lowest BCUT2D eigenvalue weighted by Gasteiger charge is -2.41. The average molecular weight is 297 g/mol. The monoisotopic (exact) mass is 297 g/mol. The van der Waals surface area contributed by atoms with Crippen LogP contribution in [0.5, 0.6) is 0 Å². The van der Waals surface area contributed by atoms with Crippen molar-refractivity contribution >= 4 is 11.8 Å². The second-order valence-electron chi connectivity index (χ2n) is 5.16. The van der Waals surface area contributed by atoms with Crippen LogP contribution >= 0.6 is 0 Å². The first kappa shape index (κ1) is 14.3. The maximum atomic E-state index is 12.2. The normalized spacial score (nSPS) is 16.7. The van der Waals surface area contributed by atoms with Gasteiger partial charge < -0.3 is 15.5 Å². The fourth-order valence-corrected chi connectivity index (χ4v) is 2.50. The maximum absolute atomic E-state index is 12.2. The molecule has 0 unspecified atom stereocenters. The van der Waals surface area contributed by atoms with E-state index in [-0.39, 0.29) is 12.1 Å². The number of nitrogens with zero attached hydrogens (tertiary/aromatic N) is 3. The zero-order chi connectivity index (χ0) is 15.2. The van der Waals surface area contributed by atoms with Gasteiger partial charge in [-0.25, -0.2) is 9.78 Å². The fraction of sp³-hybridized carbons (Fsp3) is 0.312. The predicted octanol–water partition coefficient (Wildman–Crippen LogP) is 2.05. The molecular weight excluding hydrogens is 278 g/mol. The van der Waals surface area contributed by atoms with Crippen molar-refractivity contribution in [1.82, 2.24) is 20.2 Å². The molecule has 1 saturated heterocycles. The van der Waals surface area contributed by atoms with E-state index in [9.17, 15) is 4.79 Å². The summed E-state index contributed by atoms with van der Waals surface area (Å²) in [6.45, 7) is 1.98. The van der Waals surface area contributed by atoms with Gasteiger partial charge in [0, 0.05) is 32.0 Å². The molecule has 2 heterocycles. The number of carbonyl (C=O) groups is 1. The molecule has 1 fully saturated rings. The molecule has 22 heavy (non-hydrogen) atoms. The van der Waals surface area contributed by atoms with Gasteiger partial charge in [-0.15, -0.1) is 0 Å².